The van der Waals surface area contributed by atoms with E-state index in [1.165, 1.54) is 0 Å². The summed E-state index contributed by atoms with van der Waals surface area (Å²) in [5, 5.41) is 16.5. The number of hydrogen-bond donors (Lipinski definition) is 3. The van der Waals surface area contributed by atoms with Gasteiger partial charge >= 0.3 is 0 Å². The van der Waals surface area contributed by atoms with Gasteiger partial charge in [0.25, 0.3) is 0 Å². The molecule has 0 radical (unpaired) electrons. The topological polar surface area (TPSA) is 83.0 Å². The Balaban J connectivity index is 1.65. The van der Waals surface area contributed by atoms with Crippen molar-refractivity contribution in [1.82, 2.24) is 15.0 Å². The van der Waals surface area contributed by atoms with E-state index in [1.54, 1.807) is 12.4 Å². The van der Waals surface area contributed by atoms with Gasteiger partial charge in [0.2, 0.25) is 0 Å². The van der Waals surface area contributed by atoms with Gasteiger partial charge in [-0.05, 0) is 31.4 Å². The molecule has 1 aliphatic rings. The monoisotopic (exact) mass is 347 g/mol. The first-order valence-electron chi connectivity index (χ1n) is 8.82. The molecule has 132 valence electrons. The summed E-state index contributed by atoms with van der Waals surface area (Å²) < 4.78 is 0. The molecule has 0 spiro atoms. The lowest BCUT2D eigenvalue weighted by atomic mass is 10.2. The van der Waals surface area contributed by atoms with E-state index >= 15 is 0 Å². The van der Waals surface area contributed by atoms with Crippen LogP contribution in [0, 0.1) is 0 Å². The van der Waals surface area contributed by atoms with Crippen LogP contribution >= 0.6 is 0 Å². The number of nitrogens with zero attached hydrogens (tertiary/aromatic N) is 3. The van der Waals surface area contributed by atoms with Gasteiger partial charge in [0.05, 0.1) is 6.10 Å². The van der Waals surface area contributed by atoms with Gasteiger partial charge in [-0.2, -0.15) is 0 Å². The van der Waals surface area contributed by atoms with Crippen molar-refractivity contribution in [3.63, 3.8) is 0 Å². The van der Waals surface area contributed by atoms with E-state index < -0.39 is 0 Å². The maximum absolute atomic E-state index is 9.77. The number of pyridine rings is 1. The zero-order valence-electron chi connectivity index (χ0n) is 14.3. The molecule has 0 saturated heterocycles. The Kier molecular flexibility index (Phi) is 4.75. The number of hydrogen-bond acceptors (Lipinski definition) is 6. The van der Waals surface area contributed by atoms with E-state index in [2.05, 4.69) is 25.6 Å². The second-order valence-corrected chi connectivity index (χ2v) is 6.50. The van der Waals surface area contributed by atoms with E-state index in [4.69, 9.17) is 0 Å². The molecule has 0 amide bonds. The summed E-state index contributed by atoms with van der Waals surface area (Å²) >= 11 is 0. The predicted molar refractivity (Wildman–Crippen MR) is 102 cm³/mol. The van der Waals surface area contributed by atoms with Crippen molar-refractivity contribution in [1.29, 1.82) is 0 Å². The lowest BCUT2D eigenvalue weighted by Crippen LogP contribution is -2.18. The van der Waals surface area contributed by atoms with Gasteiger partial charge in [-0.25, -0.2) is 9.97 Å². The number of aliphatic hydroxyl groups is 1. The number of anilines is 3. The van der Waals surface area contributed by atoms with Crippen LogP contribution in [0.15, 0.2) is 60.9 Å². The van der Waals surface area contributed by atoms with Crippen molar-refractivity contribution < 1.29 is 5.11 Å². The van der Waals surface area contributed by atoms with Crippen LogP contribution in [0.1, 0.15) is 19.3 Å². The van der Waals surface area contributed by atoms with E-state index in [1.807, 2.05) is 48.5 Å². The summed E-state index contributed by atoms with van der Waals surface area (Å²) in [7, 11) is 0. The van der Waals surface area contributed by atoms with Crippen LogP contribution in [-0.4, -0.2) is 32.2 Å². The molecule has 0 aliphatic heterocycles. The van der Waals surface area contributed by atoms with Crippen LogP contribution in [0.3, 0.4) is 0 Å². The Bertz CT molecular complexity index is 857. The first-order chi connectivity index (χ1) is 12.8. The van der Waals surface area contributed by atoms with Gasteiger partial charge in [-0.15, -0.1) is 0 Å². The summed E-state index contributed by atoms with van der Waals surface area (Å²) in [6, 6.07) is 15.8. The molecule has 3 aromatic rings. The van der Waals surface area contributed by atoms with Gasteiger partial charge in [0, 0.05) is 35.8 Å². The van der Waals surface area contributed by atoms with Crippen LogP contribution < -0.4 is 10.6 Å². The summed E-state index contributed by atoms with van der Waals surface area (Å²) in [5.74, 6) is 2.13. The van der Waals surface area contributed by atoms with E-state index in [0.29, 0.717) is 11.6 Å². The van der Waals surface area contributed by atoms with Crippen molar-refractivity contribution >= 4 is 17.3 Å². The highest BCUT2D eigenvalue weighted by Crippen LogP contribution is 2.26. The molecule has 0 unspecified atom stereocenters. The van der Waals surface area contributed by atoms with E-state index in [-0.39, 0.29) is 12.1 Å². The molecule has 6 nitrogen and oxygen atoms in total. The average Bonchev–Trinajstić information content (AvgIpc) is 3.08. The van der Waals surface area contributed by atoms with Gasteiger partial charge in [0.15, 0.2) is 5.82 Å². The molecule has 0 bridgehead atoms. The number of rotatable bonds is 5. The van der Waals surface area contributed by atoms with Crippen LogP contribution in [-0.2, 0) is 0 Å². The first kappa shape index (κ1) is 16.5. The highest BCUT2D eigenvalue weighted by Gasteiger charge is 2.23. The Hall–Kier alpha value is -2.99. The molecule has 2 heterocycles. The Morgan fingerprint density at radius 1 is 0.923 bits per heavy atom. The van der Waals surface area contributed by atoms with Crippen LogP contribution in [0.5, 0.6) is 0 Å². The smallest absolute Gasteiger partial charge is 0.163 e. The number of nitrogens with one attached hydrogen (secondary N) is 2. The van der Waals surface area contributed by atoms with Crippen LogP contribution in [0.4, 0.5) is 17.3 Å². The second kappa shape index (κ2) is 7.49. The maximum atomic E-state index is 9.77. The minimum atomic E-state index is -0.225. The standard InChI is InChI=1S/C20H21N5O/c26-17-7-6-16(12-17)23-19-13-18(22-15-8-10-21-11-9-15)24-20(25-19)14-4-2-1-3-5-14/h1-5,8-11,13,16-17,26H,6-7,12H2,(H2,21,22,23,24,25)/t16-,17+/m1/s1. The van der Waals surface area contributed by atoms with Crippen molar-refractivity contribution in [2.24, 2.45) is 0 Å². The third-order valence-electron chi connectivity index (χ3n) is 4.47. The average molecular weight is 347 g/mol. The molecule has 6 heteroatoms. The fourth-order valence-electron chi connectivity index (χ4n) is 3.18. The minimum Gasteiger partial charge on any atom is -0.393 e. The maximum Gasteiger partial charge on any atom is 0.163 e. The summed E-state index contributed by atoms with van der Waals surface area (Å²) in [5.41, 5.74) is 1.88. The van der Waals surface area contributed by atoms with Crippen molar-refractivity contribution in [3.05, 3.63) is 60.9 Å². The zero-order valence-corrected chi connectivity index (χ0v) is 14.3. The molecule has 1 aromatic carbocycles. The Morgan fingerprint density at radius 3 is 2.42 bits per heavy atom. The molecular formula is C20H21N5O. The molecule has 2 atom stereocenters. The highest BCUT2D eigenvalue weighted by molar-refractivity contribution is 5.65. The molecule has 1 aliphatic carbocycles. The molecule has 1 fully saturated rings. The van der Waals surface area contributed by atoms with E-state index in [9.17, 15) is 5.11 Å². The van der Waals surface area contributed by atoms with Gasteiger partial charge in [-0.3, -0.25) is 4.98 Å². The van der Waals surface area contributed by atoms with Crippen molar-refractivity contribution in [2.75, 3.05) is 10.6 Å². The molecule has 26 heavy (non-hydrogen) atoms. The lowest BCUT2D eigenvalue weighted by molar-refractivity contribution is 0.182. The predicted octanol–water partition coefficient (Wildman–Crippen LogP) is 3.61. The van der Waals surface area contributed by atoms with Crippen LogP contribution in [0.25, 0.3) is 11.4 Å². The number of benzene rings is 1. The SMILES string of the molecule is O[C@H]1CC[C@@H](Nc2cc(Nc3ccncc3)nc(-c3ccccc3)n2)C1. The first-order valence-corrected chi connectivity index (χ1v) is 8.82. The van der Waals surface area contributed by atoms with Crippen LogP contribution in [0.2, 0.25) is 0 Å². The molecule has 3 N–H and O–H groups in total. The Morgan fingerprint density at radius 2 is 1.69 bits per heavy atom. The molecule has 2 aromatic heterocycles. The minimum absolute atomic E-state index is 0.225. The third kappa shape index (κ3) is 3.97. The molecular weight excluding hydrogens is 326 g/mol. The largest absolute Gasteiger partial charge is 0.393 e. The van der Waals surface area contributed by atoms with Crippen molar-refractivity contribution in [3.8, 4) is 11.4 Å². The van der Waals surface area contributed by atoms with Gasteiger partial charge in [-0.1, -0.05) is 30.3 Å². The third-order valence-corrected chi connectivity index (χ3v) is 4.47. The van der Waals surface area contributed by atoms with Crippen molar-refractivity contribution in [2.45, 2.75) is 31.4 Å². The Labute approximate surface area is 152 Å². The summed E-state index contributed by atoms with van der Waals surface area (Å²) in [6.45, 7) is 0. The van der Waals surface area contributed by atoms with E-state index in [0.717, 1.165) is 36.3 Å². The van der Waals surface area contributed by atoms with Gasteiger partial charge < -0.3 is 15.7 Å². The second-order valence-electron chi connectivity index (χ2n) is 6.50. The normalized spacial score (nSPS) is 19.3. The fourth-order valence-corrected chi connectivity index (χ4v) is 3.18. The highest BCUT2D eigenvalue weighted by atomic mass is 16.3. The number of aliphatic hydroxyl groups excluding tert-OH is 1. The zero-order chi connectivity index (χ0) is 17.8. The molecule has 1 saturated carbocycles. The summed E-state index contributed by atoms with van der Waals surface area (Å²) in [4.78, 5) is 13.4. The summed E-state index contributed by atoms with van der Waals surface area (Å²) in [6.07, 6.45) is 5.77. The van der Waals surface area contributed by atoms with Gasteiger partial charge in [0.1, 0.15) is 11.6 Å². The number of aromatic nitrogens is 3. The quantitative estimate of drug-likeness (QED) is 0.654. The lowest BCUT2D eigenvalue weighted by Gasteiger charge is -2.15. The molecule has 4 rings (SSSR count). The fraction of sp³-hybridized carbons (Fsp3) is 0.250.